The molecule has 104 valence electrons. The van der Waals surface area contributed by atoms with E-state index in [1.54, 1.807) is 18.3 Å². The van der Waals surface area contributed by atoms with Gasteiger partial charge in [-0.2, -0.15) is 0 Å². The maximum Gasteiger partial charge on any atom is 0.323 e. The smallest absolute Gasteiger partial charge is 0.323 e. The molecule has 0 aliphatic heterocycles. The number of hydrogen-bond acceptors (Lipinski definition) is 2. The van der Waals surface area contributed by atoms with E-state index in [-0.39, 0.29) is 12.5 Å². The molecule has 0 bridgehead atoms. The molecule has 1 heterocycles. The van der Waals surface area contributed by atoms with E-state index in [0.29, 0.717) is 17.7 Å². The monoisotopic (exact) mass is 264 g/mol. The largest absolute Gasteiger partial charge is 0.480 e. The molecule has 1 aliphatic rings. The summed E-state index contributed by atoms with van der Waals surface area (Å²) in [6.45, 7) is 2.66. The van der Waals surface area contributed by atoms with Gasteiger partial charge in [0.1, 0.15) is 12.2 Å². The minimum Gasteiger partial charge on any atom is -0.480 e. The molecule has 1 aromatic heterocycles. The van der Waals surface area contributed by atoms with Crippen LogP contribution in [0.1, 0.15) is 43.1 Å². The molecule has 0 saturated heterocycles. The first-order valence-electron chi connectivity index (χ1n) is 6.71. The van der Waals surface area contributed by atoms with E-state index in [1.807, 2.05) is 0 Å². The summed E-state index contributed by atoms with van der Waals surface area (Å²) in [6.07, 6.45) is 6.24. The average Bonchev–Trinajstić information content (AvgIpc) is 2.96. The first-order chi connectivity index (χ1) is 9.06. The Bertz CT molecular complexity index is 475. The normalized spacial score (nSPS) is 16.1. The molecule has 0 spiro atoms. The van der Waals surface area contributed by atoms with Crippen molar-refractivity contribution in [2.75, 3.05) is 6.54 Å². The van der Waals surface area contributed by atoms with Gasteiger partial charge in [-0.15, -0.1) is 0 Å². The van der Waals surface area contributed by atoms with Crippen LogP contribution >= 0.6 is 0 Å². The number of amides is 1. The molecule has 1 amide bonds. The Morgan fingerprint density at radius 3 is 2.79 bits per heavy atom. The minimum atomic E-state index is -0.949. The summed E-state index contributed by atoms with van der Waals surface area (Å²) >= 11 is 0. The molecule has 0 atom stereocenters. The second-order valence-electron chi connectivity index (χ2n) is 5.35. The van der Waals surface area contributed by atoms with Crippen LogP contribution in [0.4, 0.5) is 0 Å². The lowest BCUT2D eigenvalue weighted by atomic mass is 10.0. The third-order valence-corrected chi connectivity index (χ3v) is 3.73. The summed E-state index contributed by atoms with van der Waals surface area (Å²) in [5, 5.41) is 11.7. The van der Waals surface area contributed by atoms with E-state index < -0.39 is 5.97 Å². The highest BCUT2D eigenvalue weighted by atomic mass is 16.4. The molecule has 0 radical (unpaired) electrons. The highest BCUT2D eigenvalue weighted by Gasteiger charge is 2.41. The standard InChI is InChI=1S/C14H20N2O3/c1-2-5-14(6-7-14)10-15-13(19)11-4-3-8-16(11)9-12(17)18/h3-4,8H,2,5-7,9-10H2,1H3,(H,15,19)(H,17,18). The number of carbonyl (C=O) groups is 2. The molecule has 5 nitrogen and oxygen atoms in total. The Morgan fingerprint density at radius 2 is 2.21 bits per heavy atom. The number of aromatic nitrogens is 1. The molecule has 1 aliphatic carbocycles. The van der Waals surface area contributed by atoms with Gasteiger partial charge in [0.25, 0.3) is 5.91 Å². The van der Waals surface area contributed by atoms with Gasteiger partial charge in [-0.05, 0) is 36.8 Å². The van der Waals surface area contributed by atoms with Gasteiger partial charge in [-0.25, -0.2) is 0 Å². The van der Waals surface area contributed by atoms with Crippen LogP contribution < -0.4 is 5.32 Å². The lowest BCUT2D eigenvalue weighted by Gasteiger charge is -2.15. The zero-order chi connectivity index (χ0) is 13.9. The Labute approximate surface area is 112 Å². The van der Waals surface area contributed by atoms with Gasteiger partial charge in [0, 0.05) is 12.7 Å². The van der Waals surface area contributed by atoms with Crippen molar-refractivity contribution < 1.29 is 14.7 Å². The highest BCUT2D eigenvalue weighted by Crippen LogP contribution is 2.48. The van der Waals surface area contributed by atoms with Gasteiger partial charge in [-0.3, -0.25) is 9.59 Å². The molecule has 1 aromatic rings. The maximum atomic E-state index is 12.1. The lowest BCUT2D eigenvalue weighted by Crippen LogP contribution is -2.32. The fourth-order valence-electron chi connectivity index (χ4n) is 2.48. The quantitative estimate of drug-likeness (QED) is 0.790. The Kier molecular flexibility index (Phi) is 3.93. The van der Waals surface area contributed by atoms with Crippen molar-refractivity contribution in [3.63, 3.8) is 0 Å². The number of hydrogen-bond donors (Lipinski definition) is 2. The number of rotatable bonds is 7. The van der Waals surface area contributed by atoms with Crippen molar-refractivity contribution >= 4 is 11.9 Å². The third-order valence-electron chi connectivity index (χ3n) is 3.73. The molecular formula is C14H20N2O3. The SMILES string of the molecule is CCCC1(CNC(=O)c2cccn2CC(=O)O)CC1. The van der Waals surface area contributed by atoms with Crippen LogP contribution in [0.5, 0.6) is 0 Å². The van der Waals surface area contributed by atoms with Gasteiger partial charge in [0.05, 0.1) is 0 Å². The predicted molar refractivity (Wildman–Crippen MR) is 71.0 cm³/mol. The highest BCUT2D eigenvalue weighted by molar-refractivity contribution is 5.93. The van der Waals surface area contributed by atoms with Crippen molar-refractivity contribution in [3.8, 4) is 0 Å². The van der Waals surface area contributed by atoms with E-state index in [2.05, 4.69) is 12.2 Å². The molecule has 1 saturated carbocycles. The predicted octanol–water partition coefficient (Wildman–Crippen LogP) is 1.88. The molecule has 19 heavy (non-hydrogen) atoms. The number of aliphatic carboxylic acids is 1. The third kappa shape index (κ3) is 3.36. The van der Waals surface area contributed by atoms with Gasteiger partial charge in [0.2, 0.25) is 0 Å². The summed E-state index contributed by atoms with van der Waals surface area (Å²) in [5.41, 5.74) is 0.712. The molecule has 0 aromatic carbocycles. The molecule has 0 unspecified atom stereocenters. The van der Waals surface area contributed by atoms with E-state index in [9.17, 15) is 9.59 Å². The van der Waals surface area contributed by atoms with Crippen molar-refractivity contribution in [2.24, 2.45) is 5.41 Å². The molecular weight excluding hydrogens is 244 g/mol. The Balaban J connectivity index is 1.93. The number of nitrogens with one attached hydrogen (secondary N) is 1. The zero-order valence-electron chi connectivity index (χ0n) is 11.2. The molecule has 2 N–H and O–H groups in total. The van der Waals surface area contributed by atoms with E-state index in [0.717, 1.165) is 12.8 Å². The van der Waals surface area contributed by atoms with Crippen LogP contribution in [0.15, 0.2) is 18.3 Å². The summed E-state index contributed by atoms with van der Waals surface area (Å²) < 4.78 is 1.46. The van der Waals surface area contributed by atoms with Crippen LogP contribution in [0.2, 0.25) is 0 Å². The molecule has 1 fully saturated rings. The van der Waals surface area contributed by atoms with Crippen molar-refractivity contribution in [1.82, 2.24) is 9.88 Å². The number of carboxylic acid groups (broad SMARTS) is 1. The van der Waals surface area contributed by atoms with E-state index in [4.69, 9.17) is 5.11 Å². The van der Waals surface area contributed by atoms with Gasteiger partial charge in [-0.1, -0.05) is 13.3 Å². The van der Waals surface area contributed by atoms with Gasteiger partial charge in [0.15, 0.2) is 0 Å². The second kappa shape index (κ2) is 5.47. The maximum absolute atomic E-state index is 12.1. The lowest BCUT2D eigenvalue weighted by molar-refractivity contribution is -0.137. The van der Waals surface area contributed by atoms with E-state index in [1.165, 1.54) is 17.4 Å². The average molecular weight is 264 g/mol. The summed E-state index contributed by atoms with van der Waals surface area (Å²) in [4.78, 5) is 22.8. The van der Waals surface area contributed by atoms with Crippen molar-refractivity contribution in [3.05, 3.63) is 24.0 Å². The summed E-state index contributed by atoms with van der Waals surface area (Å²) in [5.74, 6) is -1.14. The summed E-state index contributed by atoms with van der Waals surface area (Å²) in [6, 6.07) is 3.34. The number of nitrogens with zero attached hydrogens (tertiary/aromatic N) is 1. The zero-order valence-corrected chi connectivity index (χ0v) is 11.2. The molecule has 5 heteroatoms. The van der Waals surface area contributed by atoms with E-state index >= 15 is 0 Å². The van der Waals surface area contributed by atoms with Crippen molar-refractivity contribution in [2.45, 2.75) is 39.2 Å². The van der Waals surface area contributed by atoms with Crippen LogP contribution in [0, 0.1) is 5.41 Å². The summed E-state index contributed by atoms with van der Waals surface area (Å²) in [7, 11) is 0. The molecule has 2 rings (SSSR count). The minimum absolute atomic E-state index is 0.185. The van der Waals surface area contributed by atoms with Crippen LogP contribution in [0.3, 0.4) is 0 Å². The number of carboxylic acids is 1. The Morgan fingerprint density at radius 1 is 1.47 bits per heavy atom. The van der Waals surface area contributed by atoms with Gasteiger partial charge < -0.3 is 15.0 Å². The van der Waals surface area contributed by atoms with Crippen LogP contribution in [-0.4, -0.2) is 28.1 Å². The first-order valence-corrected chi connectivity index (χ1v) is 6.71. The topological polar surface area (TPSA) is 71.3 Å². The van der Waals surface area contributed by atoms with Crippen molar-refractivity contribution in [1.29, 1.82) is 0 Å². The van der Waals surface area contributed by atoms with Crippen LogP contribution in [-0.2, 0) is 11.3 Å². The van der Waals surface area contributed by atoms with Gasteiger partial charge >= 0.3 is 5.97 Å². The first kappa shape index (κ1) is 13.6. The fourth-order valence-corrected chi connectivity index (χ4v) is 2.48. The second-order valence-corrected chi connectivity index (χ2v) is 5.35. The Hall–Kier alpha value is -1.78. The fraction of sp³-hybridized carbons (Fsp3) is 0.571. The number of carbonyl (C=O) groups excluding carboxylic acids is 1. The van der Waals surface area contributed by atoms with Crippen LogP contribution in [0.25, 0.3) is 0 Å².